The van der Waals surface area contributed by atoms with E-state index in [4.69, 9.17) is 4.74 Å². The van der Waals surface area contributed by atoms with Crippen LogP contribution in [0.5, 0.6) is 0 Å². The minimum atomic E-state index is -1.10. The van der Waals surface area contributed by atoms with Gasteiger partial charge in [-0.05, 0) is 35.7 Å². The van der Waals surface area contributed by atoms with Crippen LogP contribution in [-0.4, -0.2) is 21.9 Å². The van der Waals surface area contributed by atoms with E-state index in [1.54, 1.807) is 12.3 Å². The molecule has 1 aliphatic rings. The summed E-state index contributed by atoms with van der Waals surface area (Å²) in [6.07, 6.45) is 3.54. The number of H-pyrrole nitrogens is 1. The molecule has 0 bridgehead atoms. The number of hydrogen-bond acceptors (Lipinski definition) is 3. The van der Waals surface area contributed by atoms with Crippen LogP contribution in [0, 0.1) is 11.6 Å². The lowest BCUT2D eigenvalue weighted by atomic mass is 9.96. The van der Waals surface area contributed by atoms with Crippen LogP contribution >= 0.6 is 0 Å². The van der Waals surface area contributed by atoms with Crippen LogP contribution in [-0.2, 0) is 11.3 Å². The Morgan fingerprint density at radius 2 is 1.97 bits per heavy atom. The van der Waals surface area contributed by atoms with Crippen LogP contribution in [0.25, 0.3) is 16.3 Å². The fourth-order valence-corrected chi connectivity index (χ4v) is 3.80. The predicted molar refractivity (Wildman–Crippen MR) is 102 cm³/mol. The number of aromatic nitrogens is 2. The molecular formula is C21H15F2N3O3. The average Bonchev–Trinajstić information content (AvgIpc) is 3.14. The molecule has 0 aliphatic carbocycles. The molecule has 2 N–H and O–H groups in total. The van der Waals surface area contributed by atoms with E-state index in [0.717, 1.165) is 17.6 Å². The van der Waals surface area contributed by atoms with Crippen molar-refractivity contribution in [3.8, 4) is 0 Å². The van der Waals surface area contributed by atoms with Gasteiger partial charge < -0.3 is 19.4 Å². The number of carbonyl (C=O) groups excluding carboxylic acids is 1. The van der Waals surface area contributed by atoms with E-state index < -0.39 is 23.2 Å². The van der Waals surface area contributed by atoms with Gasteiger partial charge in [-0.15, -0.1) is 0 Å². The number of nitrogens with one attached hydrogen (secondary N) is 2. The molecule has 3 aromatic heterocycles. The van der Waals surface area contributed by atoms with E-state index in [1.807, 2.05) is 28.8 Å². The molecule has 1 amide bonds. The molecule has 0 spiro atoms. The predicted octanol–water partition coefficient (Wildman–Crippen LogP) is 3.06. The van der Waals surface area contributed by atoms with Crippen LogP contribution in [0.1, 0.15) is 27.7 Å². The summed E-state index contributed by atoms with van der Waals surface area (Å²) in [6.45, 7) is 0.258. The molecule has 0 fully saturated rings. The van der Waals surface area contributed by atoms with Gasteiger partial charge in [-0.2, -0.15) is 0 Å². The maximum Gasteiger partial charge on any atom is 0.256 e. The first-order valence-electron chi connectivity index (χ1n) is 9.00. The Morgan fingerprint density at radius 1 is 1.17 bits per heavy atom. The van der Waals surface area contributed by atoms with Gasteiger partial charge in [0.15, 0.2) is 11.6 Å². The molecule has 0 saturated carbocycles. The minimum Gasteiger partial charge on any atom is -0.373 e. The first kappa shape index (κ1) is 17.6. The lowest BCUT2D eigenvalue weighted by molar-refractivity contribution is 0.0694. The lowest BCUT2D eigenvalue weighted by Gasteiger charge is -2.27. The third-order valence-corrected chi connectivity index (χ3v) is 5.14. The average molecular weight is 395 g/mol. The fraction of sp³-hybridized carbons (Fsp3) is 0.143. The Bertz CT molecular complexity index is 1310. The van der Waals surface area contributed by atoms with E-state index >= 15 is 0 Å². The number of amides is 1. The fourth-order valence-electron chi connectivity index (χ4n) is 3.80. The maximum absolute atomic E-state index is 13.9. The summed E-state index contributed by atoms with van der Waals surface area (Å²) in [5.74, 6) is -2.49. The molecule has 8 heteroatoms. The summed E-state index contributed by atoms with van der Waals surface area (Å²) in [6, 6.07) is 8.60. The number of nitrogens with zero attached hydrogens (tertiary/aromatic N) is 1. The SMILES string of the molecule is O=C(N[C@@H]1COCc2[nH]c(=O)c3cc(F)c(F)cc3c21)c1cc2ccccn2c1. The summed E-state index contributed by atoms with van der Waals surface area (Å²) in [4.78, 5) is 27.8. The summed E-state index contributed by atoms with van der Waals surface area (Å²) < 4.78 is 34.9. The van der Waals surface area contributed by atoms with Crippen molar-refractivity contribution in [3.63, 3.8) is 0 Å². The zero-order valence-electron chi connectivity index (χ0n) is 15.0. The Labute approximate surface area is 162 Å². The van der Waals surface area contributed by atoms with Gasteiger partial charge in [-0.3, -0.25) is 9.59 Å². The number of pyridine rings is 2. The molecule has 4 aromatic rings. The second-order valence-corrected chi connectivity index (χ2v) is 6.96. The maximum atomic E-state index is 13.9. The summed E-state index contributed by atoms with van der Waals surface area (Å²) >= 11 is 0. The first-order chi connectivity index (χ1) is 14.0. The molecule has 29 heavy (non-hydrogen) atoms. The van der Waals surface area contributed by atoms with E-state index in [9.17, 15) is 18.4 Å². The molecule has 1 aliphatic heterocycles. The lowest BCUT2D eigenvalue weighted by Crippen LogP contribution is -2.35. The number of fused-ring (bicyclic) bond motifs is 4. The monoisotopic (exact) mass is 395 g/mol. The highest BCUT2D eigenvalue weighted by atomic mass is 19.2. The van der Waals surface area contributed by atoms with Crippen molar-refractivity contribution in [1.82, 2.24) is 14.7 Å². The van der Waals surface area contributed by atoms with Crippen molar-refractivity contribution in [3.05, 3.63) is 87.6 Å². The Morgan fingerprint density at radius 3 is 2.76 bits per heavy atom. The Kier molecular flexibility index (Phi) is 3.95. The van der Waals surface area contributed by atoms with Crippen molar-refractivity contribution >= 4 is 22.2 Å². The standard InChI is InChI=1S/C21H15F2N3O3/c22-15-6-13-14(7-16(15)23)21(28)25-18-10-29-9-17(19(13)18)24-20(27)11-5-12-3-1-2-4-26(12)8-11/h1-8,17H,9-10H2,(H,24,27)(H,25,28)/t17-/m1/s1. The number of aromatic amines is 1. The van der Waals surface area contributed by atoms with Gasteiger partial charge in [0.25, 0.3) is 11.5 Å². The third kappa shape index (κ3) is 2.89. The highest BCUT2D eigenvalue weighted by Gasteiger charge is 2.27. The molecule has 1 aromatic carbocycles. The van der Waals surface area contributed by atoms with Crippen LogP contribution in [0.4, 0.5) is 8.78 Å². The van der Waals surface area contributed by atoms with Crippen LogP contribution in [0.15, 0.2) is 53.6 Å². The quantitative estimate of drug-likeness (QED) is 0.548. The normalized spacial score (nSPS) is 16.1. The van der Waals surface area contributed by atoms with Crippen molar-refractivity contribution in [2.75, 3.05) is 6.61 Å². The molecule has 0 unspecified atom stereocenters. The number of halogens is 2. The minimum absolute atomic E-state index is 0.0263. The summed E-state index contributed by atoms with van der Waals surface area (Å²) in [5.41, 5.74) is 1.75. The molecular weight excluding hydrogens is 380 g/mol. The van der Waals surface area contributed by atoms with Crippen molar-refractivity contribution in [1.29, 1.82) is 0 Å². The summed E-state index contributed by atoms with van der Waals surface area (Å²) in [7, 11) is 0. The van der Waals surface area contributed by atoms with Gasteiger partial charge in [0, 0.05) is 29.2 Å². The van der Waals surface area contributed by atoms with Gasteiger partial charge >= 0.3 is 0 Å². The van der Waals surface area contributed by atoms with Gasteiger partial charge in [-0.1, -0.05) is 6.07 Å². The molecule has 0 saturated heterocycles. The smallest absolute Gasteiger partial charge is 0.256 e. The highest BCUT2D eigenvalue weighted by molar-refractivity contribution is 5.96. The number of ether oxygens (including phenoxy) is 1. The van der Waals surface area contributed by atoms with E-state index in [0.29, 0.717) is 16.8 Å². The number of benzene rings is 1. The van der Waals surface area contributed by atoms with Gasteiger partial charge in [0.2, 0.25) is 0 Å². The largest absolute Gasteiger partial charge is 0.373 e. The van der Waals surface area contributed by atoms with Crippen molar-refractivity contribution < 1.29 is 18.3 Å². The van der Waals surface area contributed by atoms with Crippen LogP contribution in [0.3, 0.4) is 0 Å². The first-order valence-corrected chi connectivity index (χ1v) is 9.00. The second-order valence-electron chi connectivity index (χ2n) is 6.96. The van der Waals surface area contributed by atoms with E-state index in [2.05, 4.69) is 10.3 Å². The molecule has 4 heterocycles. The molecule has 6 nitrogen and oxygen atoms in total. The topological polar surface area (TPSA) is 75.6 Å². The number of rotatable bonds is 2. The van der Waals surface area contributed by atoms with E-state index in [-0.39, 0.29) is 29.9 Å². The second kappa shape index (κ2) is 6.52. The van der Waals surface area contributed by atoms with Crippen molar-refractivity contribution in [2.24, 2.45) is 0 Å². The Balaban J connectivity index is 1.58. The highest BCUT2D eigenvalue weighted by Crippen LogP contribution is 2.30. The molecule has 1 atom stereocenters. The zero-order valence-corrected chi connectivity index (χ0v) is 15.0. The van der Waals surface area contributed by atoms with Gasteiger partial charge in [0.1, 0.15) is 0 Å². The van der Waals surface area contributed by atoms with Crippen LogP contribution < -0.4 is 10.9 Å². The van der Waals surface area contributed by atoms with Gasteiger partial charge in [0.05, 0.1) is 30.2 Å². The molecule has 5 rings (SSSR count). The van der Waals surface area contributed by atoms with Crippen LogP contribution in [0.2, 0.25) is 0 Å². The van der Waals surface area contributed by atoms with Gasteiger partial charge in [-0.25, -0.2) is 8.78 Å². The summed E-state index contributed by atoms with van der Waals surface area (Å²) in [5, 5.41) is 3.17. The zero-order chi connectivity index (χ0) is 20.1. The Hall–Kier alpha value is -3.52. The van der Waals surface area contributed by atoms with Crippen molar-refractivity contribution in [2.45, 2.75) is 12.6 Å². The molecule has 146 valence electrons. The number of carbonyl (C=O) groups is 1. The third-order valence-electron chi connectivity index (χ3n) is 5.14. The van der Waals surface area contributed by atoms with E-state index in [1.165, 1.54) is 0 Å². The molecule has 0 radical (unpaired) electrons. The number of hydrogen-bond donors (Lipinski definition) is 2.